The maximum atomic E-state index is 11.7. The molecule has 0 radical (unpaired) electrons. The molecule has 1 unspecified atom stereocenters. The molecule has 1 aliphatic carbocycles. The number of aromatic amines is 1. The van der Waals surface area contributed by atoms with E-state index >= 15 is 0 Å². The minimum absolute atomic E-state index is 0.0137. The van der Waals surface area contributed by atoms with Gasteiger partial charge in [-0.2, -0.15) is 5.10 Å². The predicted molar refractivity (Wildman–Crippen MR) is 60.9 cm³/mol. The van der Waals surface area contributed by atoms with Gasteiger partial charge >= 0.3 is 6.03 Å². The molecule has 0 saturated heterocycles. The van der Waals surface area contributed by atoms with Crippen LogP contribution in [0.25, 0.3) is 0 Å². The molecular weight excluding hydrogens is 204 g/mol. The summed E-state index contributed by atoms with van der Waals surface area (Å²) >= 11 is 0. The first kappa shape index (κ1) is 11.0. The molecule has 5 nitrogen and oxygen atoms in total. The maximum absolute atomic E-state index is 11.7. The number of carbonyl (C=O) groups is 1. The molecule has 0 spiro atoms. The smallest absolute Gasteiger partial charge is 0.315 e. The van der Waals surface area contributed by atoms with E-state index < -0.39 is 0 Å². The number of aromatic nitrogens is 2. The highest BCUT2D eigenvalue weighted by Gasteiger charge is 2.18. The molecule has 88 valence electrons. The Morgan fingerprint density at radius 1 is 1.56 bits per heavy atom. The van der Waals surface area contributed by atoms with Gasteiger partial charge in [-0.05, 0) is 19.8 Å². The van der Waals surface area contributed by atoms with Crippen molar-refractivity contribution in [1.29, 1.82) is 0 Å². The van der Waals surface area contributed by atoms with Crippen LogP contribution in [0.5, 0.6) is 0 Å². The fraction of sp³-hybridized carbons (Fsp3) is 0.636. The van der Waals surface area contributed by atoms with Gasteiger partial charge in [-0.25, -0.2) is 4.79 Å². The van der Waals surface area contributed by atoms with Gasteiger partial charge in [0, 0.05) is 17.8 Å². The zero-order chi connectivity index (χ0) is 11.4. The number of rotatable bonds is 3. The van der Waals surface area contributed by atoms with E-state index in [4.69, 9.17) is 0 Å². The van der Waals surface area contributed by atoms with E-state index in [9.17, 15) is 4.79 Å². The van der Waals surface area contributed by atoms with E-state index in [0.717, 1.165) is 18.4 Å². The Labute approximate surface area is 95.0 Å². The maximum Gasteiger partial charge on any atom is 0.315 e. The van der Waals surface area contributed by atoms with Gasteiger partial charge in [-0.15, -0.1) is 0 Å². The van der Waals surface area contributed by atoms with Crippen LogP contribution in [-0.2, 0) is 0 Å². The van der Waals surface area contributed by atoms with Gasteiger partial charge in [-0.1, -0.05) is 12.8 Å². The summed E-state index contributed by atoms with van der Waals surface area (Å²) in [6.45, 7) is 1.94. The Morgan fingerprint density at radius 3 is 2.94 bits per heavy atom. The van der Waals surface area contributed by atoms with Crippen molar-refractivity contribution in [2.45, 2.75) is 44.7 Å². The average molecular weight is 222 g/mol. The third kappa shape index (κ3) is 2.74. The van der Waals surface area contributed by atoms with Crippen LogP contribution in [0.3, 0.4) is 0 Å². The van der Waals surface area contributed by atoms with Crippen molar-refractivity contribution in [3.63, 3.8) is 0 Å². The highest BCUT2D eigenvalue weighted by Crippen LogP contribution is 2.17. The van der Waals surface area contributed by atoms with Gasteiger partial charge in [0.05, 0.1) is 12.2 Å². The molecule has 1 fully saturated rings. The molecule has 1 heterocycles. The number of carbonyl (C=O) groups excluding carboxylic acids is 1. The van der Waals surface area contributed by atoms with Crippen LogP contribution in [0, 0.1) is 0 Å². The molecule has 5 heteroatoms. The fourth-order valence-electron chi connectivity index (χ4n) is 2.07. The van der Waals surface area contributed by atoms with Crippen molar-refractivity contribution < 1.29 is 4.79 Å². The summed E-state index contributed by atoms with van der Waals surface area (Å²) in [6, 6.07) is 0.261. The van der Waals surface area contributed by atoms with Crippen LogP contribution < -0.4 is 10.6 Å². The van der Waals surface area contributed by atoms with Gasteiger partial charge in [0.15, 0.2) is 0 Å². The lowest BCUT2D eigenvalue weighted by Crippen LogP contribution is -2.41. The Morgan fingerprint density at radius 2 is 2.31 bits per heavy atom. The first-order valence-electron chi connectivity index (χ1n) is 5.81. The number of hydrogen-bond donors (Lipinski definition) is 3. The molecule has 2 amide bonds. The molecule has 0 bridgehead atoms. The lowest BCUT2D eigenvalue weighted by atomic mass is 10.2. The normalized spacial score (nSPS) is 18.3. The van der Waals surface area contributed by atoms with Gasteiger partial charge in [0.2, 0.25) is 0 Å². The van der Waals surface area contributed by atoms with Gasteiger partial charge in [0.25, 0.3) is 0 Å². The number of urea groups is 1. The fourth-order valence-corrected chi connectivity index (χ4v) is 2.07. The van der Waals surface area contributed by atoms with E-state index in [0.29, 0.717) is 6.04 Å². The summed E-state index contributed by atoms with van der Waals surface area (Å²) in [6.07, 6.45) is 8.17. The summed E-state index contributed by atoms with van der Waals surface area (Å²) in [5, 5.41) is 12.5. The van der Waals surface area contributed by atoms with Crippen LogP contribution in [0.4, 0.5) is 4.79 Å². The van der Waals surface area contributed by atoms with Crippen LogP contribution in [0.15, 0.2) is 12.4 Å². The Kier molecular flexibility index (Phi) is 3.44. The Bertz CT molecular complexity index is 330. The van der Waals surface area contributed by atoms with Crippen LogP contribution >= 0.6 is 0 Å². The van der Waals surface area contributed by atoms with Crippen LogP contribution in [-0.4, -0.2) is 22.3 Å². The molecule has 16 heavy (non-hydrogen) atoms. The lowest BCUT2D eigenvalue weighted by Gasteiger charge is -2.16. The van der Waals surface area contributed by atoms with E-state index in [1.54, 1.807) is 12.4 Å². The third-order valence-electron chi connectivity index (χ3n) is 3.06. The second-order valence-electron chi connectivity index (χ2n) is 4.35. The molecule has 1 aromatic rings. The lowest BCUT2D eigenvalue weighted by molar-refractivity contribution is 0.234. The van der Waals surface area contributed by atoms with Crippen molar-refractivity contribution in [2.75, 3.05) is 0 Å². The van der Waals surface area contributed by atoms with Gasteiger partial charge in [0.1, 0.15) is 0 Å². The highest BCUT2D eigenvalue weighted by molar-refractivity contribution is 5.74. The average Bonchev–Trinajstić information content (AvgIpc) is 2.88. The minimum Gasteiger partial charge on any atom is -0.335 e. The Hall–Kier alpha value is -1.52. The topological polar surface area (TPSA) is 69.8 Å². The largest absolute Gasteiger partial charge is 0.335 e. The number of H-pyrrole nitrogens is 1. The second kappa shape index (κ2) is 5.01. The molecule has 1 aliphatic rings. The monoisotopic (exact) mass is 222 g/mol. The van der Waals surface area contributed by atoms with Crippen molar-refractivity contribution in [3.8, 4) is 0 Å². The summed E-state index contributed by atoms with van der Waals surface area (Å²) in [5.41, 5.74) is 0.988. The first-order valence-corrected chi connectivity index (χ1v) is 5.81. The second-order valence-corrected chi connectivity index (χ2v) is 4.35. The highest BCUT2D eigenvalue weighted by atomic mass is 16.2. The molecule has 0 aliphatic heterocycles. The zero-order valence-corrected chi connectivity index (χ0v) is 9.49. The van der Waals surface area contributed by atoms with Crippen molar-refractivity contribution in [2.24, 2.45) is 0 Å². The van der Waals surface area contributed by atoms with Crippen molar-refractivity contribution >= 4 is 6.03 Å². The number of nitrogens with one attached hydrogen (secondary N) is 3. The molecule has 1 saturated carbocycles. The van der Waals surface area contributed by atoms with Gasteiger partial charge < -0.3 is 10.6 Å². The quantitative estimate of drug-likeness (QED) is 0.728. The van der Waals surface area contributed by atoms with Crippen LogP contribution in [0.2, 0.25) is 0 Å². The van der Waals surface area contributed by atoms with E-state index in [-0.39, 0.29) is 12.1 Å². The molecule has 0 aromatic carbocycles. The van der Waals surface area contributed by atoms with E-state index in [1.165, 1.54) is 12.8 Å². The first-order chi connectivity index (χ1) is 7.75. The predicted octanol–water partition coefficient (Wildman–Crippen LogP) is 1.71. The van der Waals surface area contributed by atoms with Crippen molar-refractivity contribution in [3.05, 3.63) is 18.0 Å². The molecule has 1 atom stereocenters. The summed E-state index contributed by atoms with van der Waals surface area (Å²) in [7, 11) is 0. The van der Waals surface area contributed by atoms with Crippen LogP contribution in [0.1, 0.15) is 44.2 Å². The summed E-state index contributed by atoms with van der Waals surface area (Å²) in [4.78, 5) is 11.7. The molecule has 2 rings (SSSR count). The van der Waals surface area contributed by atoms with E-state index in [1.807, 2.05) is 6.92 Å². The SMILES string of the molecule is CC(NC(=O)NC1CCCC1)c1cn[nH]c1. The summed E-state index contributed by atoms with van der Waals surface area (Å²) in [5.74, 6) is 0. The summed E-state index contributed by atoms with van der Waals surface area (Å²) < 4.78 is 0. The molecule has 3 N–H and O–H groups in total. The van der Waals surface area contributed by atoms with Crippen molar-refractivity contribution in [1.82, 2.24) is 20.8 Å². The number of hydrogen-bond acceptors (Lipinski definition) is 2. The van der Waals surface area contributed by atoms with Gasteiger partial charge in [-0.3, -0.25) is 5.10 Å². The molecular formula is C11H18N4O. The molecule has 1 aromatic heterocycles. The number of nitrogens with zero attached hydrogens (tertiary/aromatic N) is 1. The number of amides is 2. The zero-order valence-electron chi connectivity index (χ0n) is 9.49. The van der Waals surface area contributed by atoms with E-state index in [2.05, 4.69) is 20.8 Å². The minimum atomic E-state index is -0.0828. The Balaban J connectivity index is 1.78. The third-order valence-corrected chi connectivity index (χ3v) is 3.06. The standard InChI is InChI=1S/C11H18N4O/c1-8(9-6-12-13-7-9)14-11(16)15-10-4-2-3-5-10/h6-8,10H,2-5H2,1H3,(H,12,13)(H2,14,15,16).